The summed E-state index contributed by atoms with van der Waals surface area (Å²) in [4.78, 5) is 35.4. The molecule has 2 fully saturated rings. The number of carbonyl (C=O) groups is 2. The van der Waals surface area contributed by atoms with Gasteiger partial charge in [0.1, 0.15) is 11.6 Å². The van der Waals surface area contributed by atoms with Gasteiger partial charge in [0.05, 0.1) is 36.2 Å². The van der Waals surface area contributed by atoms with Crippen molar-refractivity contribution in [3.05, 3.63) is 81.9 Å². The van der Waals surface area contributed by atoms with Crippen molar-refractivity contribution in [2.45, 2.75) is 77.3 Å². The number of hydrogen-bond donors (Lipinski definition) is 0. The lowest BCUT2D eigenvalue weighted by molar-refractivity contribution is 0.0543. The number of benzene rings is 2. The molecule has 0 atom stereocenters. The molecule has 2 aliphatic heterocycles. The van der Waals surface area contributed by atoms with Crippen molar-refractivity contribution in [2.75, 3.05) is 33.4 Å². The first kappa shape index (κ1) is 30.3. The highest BCUT2D eigenvalue weighted by atomic mass is 19.1. The molecule has 1 aromatic heterocycles. The zero-order valence-corrected chi connectivity index (χ0v) is 26.0. The number of halogens is 1. The number of amides is 1. The van der Waals surface area contributed by atoms with Gasteiger partial charge in [0.25, 0.3) is 5.91 Å². The molecule has 7 nitrogen and oxygen atoms in total. The van der Waals surface area contributed by atoms with Crippen molar-refractivity contribution >= 4 is 11.9 Å². The fourth-order valence-electron chi connectivity index (χ4n) is 6.86. The van der Waals surface area contributed by atoms with Crippen LogP contribution < -0.4 is 4.74 Å². The highest BCUT2D eigenvalue weighted by Gasteiger charge is 2.35. The number of esters is 1. The van der Waals surface area contributed by atoms with Crippen LogP contribution in [0.2, 0.25) is 0 Å². The number of fused-ring (bicyclic) bond motifs is 1. The second-order valence-electron chi connectivity index (χ2n) is 12.2. The lowest BCUT2D eigenvalue weighted by Gasteiger charge is -2.40. The minimum absolute atomic E-state index is 0.0304. The van der Waals surface area contributed by atoms with Gasteiger partial charge in [-0.1, -0.05) is 31.5 Å². The molecule has 232 valence electrons. The van der Waals surface area contributed by atoms with Crippen LogP contribution in [0.15, 0.2) is 42.5 Å². The van der Waals surface area contributed by atoms with Gasteiger partial charge >= 0.3 is 5.97 Å². The number of methoxy groups -OCH3 is 1. The predicted octanol–water partition coefficient (Wildman–Crippen LogP) is 6.57. The maximum atomic E-state index is 13.7. The number of hydrogen-bond acceptors (Lipinski definition) is 6. The molecule has 1 saturated heterocycles. The monoisotopic (exact) mass is 599 g/mol. The molecular weight excluding hydrogens is 557 g/mol. The van der Waals surface area contributed by atoms with Crippen LogP contribution in [0.3, 0.4) is 0 Å². The number of ether oxygens (including phenoxy) is 2. The van der Waals surface area contributed by atoms with Crippen LogP contribution in [0.25, 0.3) is 11.1 Å². The van der Waals surface area contributed by atoms with E-state index in [0.29, 0.717) is 43.0 Å². The lowest BCUT2D eigenvalue weighted by atomic mass is 9.92. The molecule has 0 bridgehead atoms. The summed E-state index contributed by atoms with van der Waals surface area (Å²) in [7, 11) is 1.36. The van der Waals surface area contributed by atoms with E-state index in [-0.39, 0.29) is 17.8 Å². The van der Waals surface area contributed by atoms with E-state index in [1.165, 1.54) is 30.4 Å². The third kappa shape index (κ3) is 6.23. The Hall–Kier alpha value is -3.78. The van der Waals surface area contributed by atoms with Crippen LogP contribution in [0, 0.1) is 5.82 Å². The van der Waals surface area contributed by atoms with Crippen molar-refractivity contribution in [3.8, 4) is 16.9 Å². The molecule has 8 heteroatoms. The summed E-state index contributed by atoms with van der Waals surface area (Å²) in [6, 6.07) is 13.1. The SMILES string of the molecule is CCCc1nc2c(cc1C(=O)OC)C(=O)N(C1CCN(Cc3cc(OCC)c(-c4ccc(F)cc4)c(C4CC4)c3)CC1)CC2. The van der Waals surface area contributed by atoms with Gasteiger partial charge in [0.2, 0.25) is 0 Å². The average molecular weight is 600 g/mol. The van der Waals surface area contributed by atoms with E-state index in [1.54, 1.807) is 6.07 Å². The zero-order chi connectivity index (χ0) is 30.8. The molecule has 3 heterocycles. The molecule has 3 aliphatic rings. The molecule has 1 aliphatic carbocycles. The molecular formula is C36H42FN3O4. The lowest BCUT2D eigenvalue weighted by Crippen LogP contribution is -2.50. The van der Waals surface area contributed by atoms with Gasteiger partial charge in [-0.3, -0.25) is 14.7 Å². The van der Waals surface area contributed by atoms with Gasteiger partial charge in [0.15, 0.2) is 0 Å². The van der Waals surface area contributed by atoms with Crippen LogP contribution in [0.4, 0.5) is 4.39 Å². The first-order chi connectivity index (χ1) is 21.4. The Bertz CT molecular complexity index is 1530. The minimum Gasteiger partial charge on any atom is -0.493 e. The number of aryl methyl sites for hydroxylation is 1. The molecule has 2 aromatic carbocycles. The molecule has 1 amide bonds. The Morgan fingerprint density at radius 1 is 1.02 bits per heavy atom. The Labute approximate surface area is 259 Å². The standard InChI is InChI=1S/C36H42FN3O4/c1-4-6-31-30(36(42)43-3)21-29-32(38-31)15-18-40(35(29)41)27-13-16-39(17-14-27)22-23-19-28(24-7-8-24)34(33(20-23)44-5-2)25-9-11-26(37)12-10-25/h9-12,19-21,24,27H,4-8,13-18,22H2,1-3H3. The summed E-state index contributed by atoms with van der Waals surface area (Å²) in [6.45, 7) is 7.87. The fraction of sp³-hybridized carbons (Fsp3) is 0.472. The maximum absolute atomic E-state index is 13.7. The van der Waals surface area contributed by atoms with Crippen LogP contribution in [0.1, 0.15) is 95.1 Å². The average Bonchev–Trinajstić information content (AvgIpc) is 3.88. The fourth-order valence-corrected chi connectivity index (χ4v) is 6.86. The van der Waals surface area contributed by atoms with E-state index >= 15 is 0 Å². The number of pyridine rings is 1. The third-order valence-electron chi connectivity index (χ3n) is 9.20. The van der Waals surface area contributed by atoms with Gasteiger partial charge in [-0.25, -0.2) is 9.18 Å². The van der Waals surface area contributed by atoms with E-state index < -0.39 is 5.97 Å². The number of piperidine rings is 1. The molecule has 6 rings (SSSR count). The summed E-state index contributed by atoms with van der Waals surface area (Å²) >= 11 is 0. The summed E-state index contributed by atoms with van der Waals surface area (Å²) in [6.07, 6.45) is 6.36. The Morgan fingerprint density at radius 2 is 1.77 bits per heavy atom. The number of rotatable bonds is 10. The Morgan fingerprint density at radius 3 is 2.43 bits per heavy atom. The number of likely N-dealkylation sites (tertiary alicyclic amines) is 1. The van der Waals surface area contributed by atoms with Crippen molar-refractivity contribution in [1.82, 2.24) is 14.8 Å². The molecule has 0 unspecified atom stereocenters. The van der Waals surface area contributed by atoms with Gasteiger partial charge in [-0.05, 0) is 85.9 Å². The summed E-state index contributed by atoms with van der Waals surface area (Å²) in [5, 5.41) is 0. The molecule has 3 aromatic rings. The van der Waals surface area contributed by atoms with Crippen LogP contribution in [0.5, 0.6) is 5.75 Å². The number of carbonyl (C=O) groups excluding carboxylic acids is 2. The minimum atomic E-state index is -0.440. The van der Waals surface area contributed by atoms with Gasteiger partial charge in [-0.2, -0.15) is 0 Å². The highest BCUT2D eigenvalue weighted by Crippen LogP contribution is 2.48. The first-order valence-corrected chi connectivity index (χ1v) is 16.1. The van der Waals surface area contributed by atoms with E-state index in [9.17, 15) is 14.0 Å². The maximum Gasteiger partial charge on any atom is 0.339 e. The second kappa shape index (κ2) is 13.1. The predicted molar refractivity (Wildman–Crippen MR) is 168 cm³/mol. The van der Waals surface area contributed by atoms with Crippen LogP contribution >= 0.6 is 0 Å². The number of aromatic nitrogens is 1. The second-order valence-corrected chi connectivity index (χ2v) is 12.2. The largest absolute Gasteiger partial charge is 0.493 e. The quantitative estimate of drug-likeness (QED) is 0.246. The topological polar surface area (TPSA) is 72.0 Å². The van der Waals surface area contributed by atoms with E-state index in [1.807, 2.05) is 30.9 Å². The highest BCUT2D eigenvalue weighted by molar-refractivity contribution is 6.00. The van der Waals surface area contributed by atoms with Crippen LogP contribution in [-0.2, 0) is 24.1 Å². The summed E-state index contributed by atoms with van der Waals surface area (Å²) < 4.78 is 24.9. The van der Waals surface area contributed by atoms with Crippen molar-refractivity contribution in [3.63, 3.8) is 0 Å². The van der Waals surface area contributed by atoms with Crippen molar-refractivity contribution in [2.24, 2.45) is 0 Å². The molecule has 1 saturated carbocycles. The molecule has 44 heavy (non-hydrogen) atoms. The van der Waals surface area contributed by atoms with E-state index in [0.717, 1.165) is 80.0 Å². The normalized spacial score (nSPS) is 17.5. The van der Waals surface area contributed by atoms with Gasteiger partial charge in [0, 0.05) is 44.2 Å². The Kier molecular flexibility index (Phi) is 8.98. The third-order valence-corrected chi connectivity index (χ3v) is 9.20. The Balaban J connectivity index is 1.16. The smallest absolute Gasteiger partial charge is 0.339 e. The summed E-state index contributed by atoms with van der Waals surface area (Å²) in [5.74, 6) is 0.675. The first-order valence-electron chi connectivity index (χ1n) is 16.1. The van der Waals surface area contributed by atoms with Crippen LogP contribution in [-0.4, -0.2) is 66.1 Å². The molecule has 0 radical (unpaired) electrons. The van der Waals surface area contributed by atoms with Gasteiger partial charge in [-0.15, -0.1) is 0 Å². The zero-order valence-electron chi connectivity index (χ0n) is 26.0. The van der Waals surface area contributed by atoms with Crippen molar-refractivity contribution in [1.29, 1.82) is 0 Å². The molecule has 0 spiro atoms. The van der Waals surface area contributed by atoms with E-state index in [4.69, 9.17) is 14.5 Å². The molecule has 0 N–H and O–H groups in total. The van der Waals surface area contributed by atoms with E-state index in [2.05, 4.69) is 17.0 Å². The summed E-state index contributed by atoms with van der Waals surface area (Å²) in [5.41, 5.74) is 7.06. The van der Waals surface area contributed by atoms with Gasteiger partial charge < -0.3 is 14.4 Å². The number of nitrogens with zero attached hydrogens (tertiary/aromatic N) is 3. The van der Waals surface area contributed by atoms with Crippen molar-refractivity contribution < 1.29 is 23.5 Å².